The van der Waals surface area contributed by atoms with Gasteiger partial charge in [-0.2, -0.15) is 0 Å². The summed E-state index contributed by atoms with van der Waals surface area (Å²) in [6.45, 7) is 2.37. The van der Waals surface area contributed by atoms with Gasteiger partial charge in [0.25, 0.3) is 0 Å². The number of pyridine rings is 1. The summed E-state index contributed by atoms with van der Waals surface area (Å²) in [6, 6.07) is 24.2. The second kappa shape index (κ2) is 12.0. The highest BCUT2D eigenvalue weighted by Crippen LogP contribution is 2.26. The minimum absolute atomic E-state index is 0.303. The topological polar surface area (TPSA) is 44.3 Å². The molecule has 0 unspecified atom stereocenters. The van der Waals surface area contributed by atoms with Gasteiger partial charge < -0.3 is 14.0 Å². The average Bonchev–Trinajstić information content (AvgIpc) is 3.25. The number of hydrogen-bond acceptors (Lipinski definition) is 3. The first-order chi connectivity index (χ1) is 16.7. The summed E-state index contributed by atoms with van der Waals surface area (Å²) >= 11 is 0. The summed E-state index contributed by atoms with van der Waals surface area (Å²) in [5.41, 5.74) is 2.75. The Morgan fingerprint density at radius 1 is 0.853 bits per heavy atom. The quantitative estimate of drug-likeness (QED) is 0.150. The molecule has 5 heteroatoms. The van der Waals surface area contributed by atoms with Crippen LogP contribution in [0.5, 0.6) is 5.75 Å². The molecule has 0 aliphatic heterocycles. The molecule has 2 aromatic heterocycles. The van der Waals surface area contributed by atoms with Gasteiger partial charge in [0.2, 0.25) is 0 Å². The van der Waals surface area contributed by atoms with Crippen molar-refractivity contribution in [1.82, 2.24) is 4.57 Å². The molecule has 0 fully saturated rings. The standard InChI is InChI=1S/C29H33N2O3/c1-33-29(32)28-22-25-21-26(34-23-24-13-7-5-8-14-24)15-16-27(25)31(28)20-12-4-2-3-9-17-30-18-10-6-11-19-30/h5-8,10-11,13-16,18-19,21-22H,2-4,9,12,17,20,23H2,1H3/q+1. The lowest BCUT2D eigenvalue weighted by Gasteiger charge is -2.10. The van der Waals surface area contributed by atoms with Crippen LogP contribution in [0.1, 0.15) is 48.2 Å². The normalized spacial score (nSPS) is 11.0. The van der Waals surface area contributed by atoms with Gasteiger partial charge in [-0.1, -0.05) is 49.2 Å². The second-order valence-corrected chi connectivity index (χ2v) is 8.55. The van der Waals surface area contributed by atoms with Gasteiger partial charge in [-0.3, -0.25) is 0 Å². The summed E-state index contributed by atoms with van der Waals surface area (Å²) < 4.78 is 15.3. The summed E-state index contributed by atoms with van der Waals surface area (Å²) in [6.07, 6.45) is 9.97. The SMILES string of the molecule is COC(=O)c1cc2cc(OCc3ccccc3)ccc2n1CCCCCCC[n+]1ccccc1. The highest BCUT2D eigenvalue weighted by atomic mass is 16.5. The molecule has 0 aliphatic rings. The Morgan fingerprint density at radius 2 is 1.59 bits per heavy atom. The van der Waals surface area contributed by atoms with Gasteiger partial charge in [0.1, 0.15) is 24.6 Å². The third kappa shape index (κ3) is 6.25. The van der Waals surface area contributed by atoms with E-state index in [1.807, 2.05) is 60.7 Å². The Morgan fingerprint density at radius 3 is 2.38 bits per heavy atom. The van der Waals surface area contributed by atoms with Crippen LogP contribution >= 0.6 is 0 Å². The minimum atomic E-state index is -0.303. The van der Waals surface area contributed by atoms with Gasteiger partial charge in [-0.25, -0.2) is 9.36 Å². The molecule has 2 aromatic carbocycles. The molecule has 0 aliphatic carbocycles. The first-order valence-corrected chi connectivity index (χ1v) is 12.1. The number of carbonyl (C=O) groups excluding carboxylic acids is 1. The lowest BCUT2D eigenvalue weighted by molar-refractivity contribution is -0.697. The van der Waals surface area contributed by atoms with E-state index in [1.54, 1.807) is 0 Å². The van der Waals surface area contributed by atoms with Crippen molar-refractivity contribution in [3.8, 4) is 5.75 Å². The summed E-state index contributed by atoms with van der Waals surface area (Å²) in [5.74, 6) is 0.490. The molecule has 5 nitrogen and oxygen atoms in total. The monoisotopic (exact) mass is 457 g/mol. The molecule has 0 saturated heterocycles. The molecule has 4 rings (SSSR count). The van der Waals surface area contributed by atoms with Crippen molar-refractivity contribution >= 4 is 16.9 Å². The zero-order chi connectivity index (χ0) is 23.6. The van der Waals surface area contributed by atoms with Crippen LogP contribution in [-0.2, 0) is 24.4 Å². The van der Waals surface area contributed by atoms with Crippen LogP contribution < -0.4 is 9.30 Å². The zero-order valence-corrected chi connectivity index (χ0v) is 19.9. The van der Waals surface area contributed by atoms with Crippen LogP contribution in [-0.4, -0.2) is 17.6 Å². The fourth-order valence-corrected chi connectivity index (χ4v) is 4.27. The minimum Gasteiger partial charge on any atom is -0.489 e. The van der Waals surface area contributed by atoms with Crippen LogP contribution in [0.3, 0.4) is 0 Å². The Hall–Kier alpha value is -3.60. The van der Waals surface area contributed by atoms with Crippen LogP contribution in [0, 0.1) is 0 Å². The van der Waals surface area contributed by atoms with Crippen molar-refractivity contribution in [2.75, 3.05) is 7.11 Å². The predicted octanol–water partition coefficient (Wildman–Crippen LogP) is 5.95. The van der Waals surface area contributed by atoms with Gasteiger partial charge in [0.15, 0.2) is 12.4 Å². The van der Waals surface area contributed by atoms with E-state index in [0.29, 0.717) is 12.3 Å². The number of nitrogens with zero attached hydrogens (tertiary/aromatic N) is 2. The van der Waals surface area contributed by atoms with Gasteiger partial charge >= 0.3 is 5.97 Å². The lowest BCUT2D eigenvalue weighted by Crippen LogP contribution is -2.32. The molecular formula is C29H33N2O3+. The number of carbonyl (C=O) groups is 1. The van der Waals surface area contributed by atoms with Crippen LogP contribution in [0.4, 0.5) is 0 Å². The largest absolute Gasteiger partial charge is 0.489 e. The first kappa shape index (κ1) is 23.6. The van der Waals surface area contributed by atoms with E-state index in [-0.39, 0.29) is 5.97 Å². The molecule has 2 heterocycles. The molecule has 0 radical (unpaired) electrons. The maximum absolute atomic E-state index is 12.4. The van der Waals surface area contributed by atoms with Crippen LogP contribution in [0.25, 0.3) is 10.9 Å². The van der Waals surface area contributed by atoms with E-state index < -0.39 is 0 Å². The van der Waals surface area contributed by atoms with Gasteiger partial charge in [0.05, 0.1) is 7.11 Å². The molecule has 0 atom stereocenters. The number of ether oxygens (including phenoxy) is 2. The number of aryl methyl sites for hydroxylation is 2. The Labute approximate surface area is 201 Å². The number of esters is 1. The first-order valence-electron chi connectivity index (χ1n) is 12.1. The number of rotatable bonds is 12. The Bertz CT molecular complexity index is 1190. The zero-order valence-electron chi connectivity index (χ0n) is 19.9. The van der Waals surface area contributed by atoms with E-state index in [1.165, 1.54) is 26.4 Å². The van der Waals surface area contributed by atoms with E-state index in [4.69, 9.17) is 9.47 Å². The van der Waals surface area contributed by atoms with Crippen LogP contribution in [0.15, 0.2) is 85.2 Å². The number of benzene rings is 2. The van der Waals surface area contributed by atoms with E-state index in [2.05, 4.69) is 33.7 Å². The van der Waals surface area contributed by atoms with Crippen molar-refractivity contribution in [2.24, 2.45) is 0 Å². The molecule has 0 amide bonds. The van der Waals surface area contributed by atoms with E-state index in [0.717, 1.165) is 48.1 Å². The number of fused-ring (bicyclic) bond motifs is 1. The average molecular weight is 458 g/mol. The molecule has 0 bridgehead atoms. The highest BCUT2D eigenvalue weighted by Gasteiger charge is 2.16. The molecule has 0 N–H and O–H groups in total. The Kier molecular flexibility index (Phi) is 8.33. The molecular weight excluding hydrogens is 424 g/mol. The van der Waals surface area contributed by atoms with Crippen molar-refractivity contribution in [3.05, 3.63) is 96.4 Å². The second-order valence-electron chi connectivity index (χ2n) is 8.55. The van der Waals surface area contributed by atoms with Crippen molar-refractivity contribution in [2.45, 2.75) is 51.8 Å². The predicted molar refractivity (Wildman–Crippen MR) is 134 cm³/mol. The summed E-state index contributed by atoms with van der Waals surface area (Å²) in [7, 11) is 1.43. The molecule has 34 heavy (non-hydrogen) atoms. The van der Waals surface area contributed by atoms with Gasteiger partial charge in [-0.15, -0.1) is 0 Å². The maximum Gasteiger partial charge on any atom is 0.354 e. The van der Waals surface area contributed by atoms with Crippen molar-refractivity contribution < 1.29 is 18.8 Å². The van der Waals surface area contributed by atoms with Gasteiger partial charge in [0, 0.05) is 36.0 Å². The van der Waals surface area contributed by atoms with E-state index >= 15 is 0 Å². The number of unbranched alkanes of at least 4 members (excludes halogenated alkanes) is 4. The Balaban J connectivity index is 1.33. The van der Waals surface area contributed by atoms with Gasteiger partial charge in [-0.05, 0) is 42.7 Å². The number of methoxy groups -OCH3 is 1. The molecule has 0 saturated carbocycles. The smallest absolute Gasteiger partial charge is 0.354 e. The lowest BCUT2D eigenvalue weighted by atomic mass is 10.1. The fraction of sp³-hybridized carbons (Fsp3) is 0.310. The van der Waals surface area contributed by atoms with Crippen LogP contribution in [0.2, 0.25) is 0 Å². The number of hydrogen-bond donors (Lipinski definition) is 0. The number of aromatic nitrogens is 2. The van der Waals surface area contributed by atoms with Crippen molar-refractivity contribution in [1.29, 1.82) is 0 Å². The molecule has 4 aromatic rings. The third-order valence-electron chi connectivity index (χ3n) is 6.09. The third-order valence-corrected chi connectivity index (χ3v) is 6.09. The molecule has 0 spiro atoms. The maximum atomic E-state index is 12.4. The van der Waals surface area contributed by atoms with Crippen molar-refractivity contribution in [3.63, 3.8) is 0 Å². The molecule has 176 valence electrons. The fourth-order valence-electron chi connectivity index (χ4n) is 4.27. The van der Waals surface area contributed by atoms with E-state index in [9.17, 15) is 4.79 Å². The summed E-state index contributed by atoms with van der Waals surface area (Å²) in [4.78, 5) is 12.4. The highest BCUT2D eigenvalue weighted by molar-refractivity contribution is 5.96. The summed E-state index contributed by atoms with van der Waals surface area (Å²) in [5, 5.41) is 0.992.